The van der Waals surface area contributed by atoms with Gasteiger partial charge in [-0.3, -0.25) is 4.79 Å². The number of carbonyl (C=O) groups excluding carboxylic acids is 2. The van der Waals surface area contributed by atoms with E-state index >= 15 is 0 Å². The SMILES string of the molecule is CCOC(=O)c1ccc(-c2ccc(/C=N/NC(=O)Cn3cnc4ccccc43)o2)cc1. The van der Waals surface area contributed by atoms with Crippen LogP contribution in [0.4, 0.5) is 0 Å². The fourth-order valence-electron chi connectivity index (χ4n) is 3.06. The van der Waals surface area contributed by atoms with Gasteiger partial charge >= 0.3 is 5.97 Å². The summed E-state index contributed by atoms with van der Waals surface area (Å²) in [6.45, 7) is 2.20. The fraction of sp³-hybridized carbons (Fsp3) is 0.130. The number of nitrogens with one attached hydrogen (secondary N) is 1. The predicted octanol–water partition coefficient (Wildman–Crippen LogP) is 3.62. The van der Waals surface area contributed by atoms with Crippen LogP contribution < -0.4 is 5.43 Å². The van der Waals surface area contributed by atoms with Gasteiger partial charge in [0.25, 0.3) is 5.91 Å². The number of rotatable bonds is 7. The van der Waals surface area contributed by atoms with Crippen LogP contribution >= 0.6 is 0 Å². The van der Waals surface area contributed by atoms with Crippen LogP contribution in [0.15, 0.2) is 76.5 Å². The van der Waals surface area contributed by atoms with Crippen molar-refractivity contribution in [3.8, 4) is 11.3 Å². The first-order valence-corrected chi connectivity index (χ1v) is 9.73. The summed E-state index contributed by atoms with van der Waals surface area (Å²) >= 11 is 0. The lowest BCUT2D eigenvalue weighted by Gasteiger charge is -2.03. The lowest BCUT2D eigenvalue weighted by atomic mass is 10.1. The number of hydrazone groups is 1. The number of amides is 1. The quantitative estimate of drug-likeness (QED) is 0.282. The second-order valence-electron chi connectivity index (χ2n) is 6.65. The van der Waals surface area contributed by atoms with E-state index < -0.39 is 0 Å². The van der Waals surface area contributed by atoms with Crippen molar-refractivity contribution in [2.45, 2.75) is 13.5 Å². The molecule has 0 bridgehead atoms. The zero-order valence-electron chi connectivity index (χ0n) is 16.8. The van der Waals surface area contributed by atoms with Gasteiger partial charge in [-0.2, -0.15) is 5.10 Å². The number of fused-ring (bicyclic) bond motifs is 1. The van der Waals surface area contributed by atoms with E-state index in [-0.39, 0.29) is 18.4 Å². The van der Waals surface area contributed by atoms with Crippen LogP contribution in [0.25, 0.3) is 22.4 Å². The van der Waals surface area contributed by atoms with Crippen LogP contribution in [0.2, 0.25) is 0 Å². The monoisotopic (exact) mass is 416 g/mol. The number of hydrogen-bond donors (Lipinski definition) is 1. The number of para-hydroxylation sites is 2. The summed E-state index contributed by atoms with van der Waals surface area (Å²) in [5.74, 6) is 0.465. The molecule has 2 aromatic heterocycles. The molecule has 0 saturated carbocycles. The highest BCUT2D eigenvalue weighted by Gasteiger charge is 2.09. The second-order valence-corrected chi connectivity index (χ2v) is 6.65. The van der Waals surface area contributed by atoms with Crippen molar-refractivity contribution in [2.24, 2.45) is 5.10 Å². The maximum atomic E-state index is 12.2. The highest BCUT2D eigenvalue weighted by molar-refractivity contribution is 5.90. The molecule has 0 aliphatic carbocycles. The average Bonchev–Trinajstić information content (AvgIpc) is 3.42. The van der Waals surface area contributed by atoms with Crippen LogP contribution in [-0.2, 0) is 16.1 Å². The number of furan rings is 1. The Morgan fingerprint density at radius 3 is 2.74 bits per heavy atom. The Balaban J connectivity index is 1.35. The molecule has 1 N–H and O–H groups in total. The van der Waals surface area contributed by atoms with Gasteiger partial charge in [-0.05, 0) is 43.3 Å². The molecular formula is C23H20N4O4. The van der Waals surface area contributed by atoms with E-state index in [0.717, 1.165) is 16.6 Å². The molecule has 156 valence electrons. The van der Waals surface area contributed by atoms with Crippen LogP contribution in [0, 0.1) is 0 Å². The van der Waals surface area contributed by atoms with Crippen LogP contribution in [0.5, 0.6) is 0 Å². The maximum Gasteiger partial charge on any atom is 0.338 e. The molecule has 0 spiro atoms. The number of nitrogens with zero attached hydrogens (tertiary/aromatic N) is 3. The predicted molar refractivity (Wildman–Crippen MR) is 116 cm³/mol. The van der Waals surface area contributed by atoms with Gasteiger partial charge < -0.3 is 13.7 Å². The van der Waals surface area contributed by atoms with Crippen molar-refractivity contribution in [3.05, 3.63) is 78.3 Å². The molecule has 2 aromatic carbocycles. The minimum Gasteiger partial charge on any atom is -0.462 e. The average molecular weight is 416 g/mol. The molecule has 1 amide bonds. The minimum absolute atomic E-state index is 0.105. The summed E-state index contributed by atoms with van der Waals surface area (Å²) in [6.07, 6.45) is 3.06. The molecule has 0 aliphatic heterocycles. The van der Waals surface area contributed by atoms with Crippen LogP contribution in [-0.4, -0.2) is 34.2 Å². The Bertz CT molecular complexity index is 1240. The summed E-state index contributed by atoms with van der Waals surface area (Å²) in [6, 6.07) is 18.1. The van der Waals surface area contributed by atoms with Gasteiger partial charge in [-0.15, -0.1) is 0 Å². The smallest absolute Gasteiger partial charge is 0.338 e. The lowest BCUT2D eigenvalue weighted by molar-refractivity contribution is -0.121. The first kappa shape index (κ1) is 20.1. The Morgan fingerprint density at radius 1 is 1.13 bits per heavy atom. The van der Waals surface area contributed by atoms with Gasteiger partial charge in [0.05, 0.1) is 35.7 Å². The van der Waals surface area contributed by atoms with E-state index in [2.05, 4.69) is 15.5 Å². The van der Waals surface area contributed by atoms with Crippen molar-refractivity contribution in [2.75, 3.05) is 6.61 Å². The van der Waals surface area contributed by atoms with Gasteiger partial charge in [-0.25, -0.2) is 15.2 Å². The zero-order chi connectivity index (χ0) is 21.6. The second kappa shape index (κ2) is 9.08. The molecule has 2 heterocycles. The van der Waals surface area contributed by atoms with E-state index in [4.69, 9.17) is 9.15 Å². The highest BCUT2D eigenvalue weighted by atomic mass is 16.5. The Kier molecular flexibility index (Phi) is 5.89. The first-order chi connectivity index (χ1) is 15.1. The van der Waals surface area contributed by atoms with Crippen LogP contribution in [0.1, 0.15) is 23.0 Å². The van der Waals surface area contributed by atoms with Crippen molar-refractivity contribution >= 4 is 29.1 Å². The third kappa shape index (κ3) is 4.69. The molecule has 8 heteroatoms. The van der Waals surface area contributed by atoms with E-state index in [1.807, 2.05) is 24.3 Å². The van der Waals surface area contributed by atoms with Gasteiger partial charge in [0.1, 0.15) is 18.1 Å². The molecule has 0 fully saturated rings. The number of imidazole rings is 1. The van der Waals surface area contributed by atoms with Crippen molar-refractivity contribution in [1.82, 2.24) is 15.0 Å². The molecule has 4 rings (SSSR count). The van der Waals surface area contributed by atoms with Gasteiger partial charge in [0.2, 0.25) is 0 Å². The van der Waals surface area contributed by atoms with E-state index in [9.17, 15) is 9.59 Å². The molecule has 0 aliphatic rings. The third-order valence-electron chi connectivity index (χ3n) is 4.53. The standard InChI is InChI=1S/C23H20N4O4/c1-2-30-23(29)17-9-7-16(8-10-17)21-12-11-18(31-21)13-25-26-22(28)14-27-15-24-19-5-3-4-6-20(19)27/h3-13,15H,2,14H2,1H3,(H,26,28)/b25-13+. The molecule has 0 atom stereocenters. The molecule has 31 heavy (non-hydrogen) atoms. The fourth-order valence-corrected chi connectivity index (χ4v) is 3.06. The number of benzene rings is 2. The van der Waals surface area contributed by atoms with Gasteiger partial charge in [0, 0.05) is 5.56 Å². The lowest BCUT2D eigenvalue weighted by Crippen LogP contribution is -2.22. The first-order valence-electron chi connectivity index (χ1n) is 9.73. The summed E-state index contributed by atoms with van der Waals surface area (Å²) in [4.78, 5) is 28.2. The molecule has 0 radical (unpaired) electrons. The molecule has 0 saturated heterocycles. The summed E-state index contributed by atoms with van der Waals surface area (Å²) < 4.78 is 12.5. The number of carbonyl (C=O) groups is 2. The normalized spacial score (nSPS) is 11.1. The van der Waals surface area contributed by atoms with Gasteiger partial charge in [-0.1, -0.05) is 24.3 Å². The van der Waals surface area contributed by atoms with Crippen molar-refractivity contribution < 1.29 is 18.7 Å². The highest BCUT2D eigenvalue weighted by Crippen LogP contribution is 2.22. The van der Waals surface area contributed by atoms with Crippen molar-refractivity contribution in [3.63, 3.8) is 0 Å². The largest absolute Gasteiger partial charge is 0.462 e. The maximum absolute atomic E-state index is 12.2. The van der Waals surface area contributed by atoms with E-state index in [1.165, 1.54) is 6.21 Å². The molecule has 4 aromatic rings. The molecule has 8 nitrogen and oxygen atoms in total. The van der Waals surface area contributed by atoms with E-state index in [0.29, 0.717) is 23.7 Å². The topological polar surface area (TPSA) is 98.7 Å². The summed E-state index contributed by atoms with van der Waals surface area (Å²) in [7, 11) is 0. The molecular weight excluding hydrogens is 396 g/mol. The number of ether oxygens (including phenoxy) is 1. The Morgan fingerprint density at radius 2 is 1.94 bits per heavy atom. The summed E-state index contributed by atoms with van der Waals surface area (Å²) in [5, 5.41) is 3.95. The van der Waals surface area contributed by atoms with Crippen LogP contribution in [0.3, 0.4) is 0 Å². The number of esters is 1. The van der Waals surface area contributed by atoms with E-state index in [1.54, 1.807) is 54.2 Å². The third-order valence-corrected chi connectivity index (χ3v) is 4.53. The van der Waals surface area contributed by atoms with Gasteiger partial charge in [0.15, 0.2) is 0 Å². The Labute approximate surface area is 178 Å². The molecule has 0 unspecified atom stereocenters. The zero-order valence-corrected chi connectivity index (χ0v) is 16.8. The number of aromatic nitrogens is 2. The summed E-state index contributed by atoms with van der Waals surface area (Å²) in [5.41, 5.74) is 5.49. The van der Waals surface area contributed by atoms with Crippen molar-refractivity contribution in [1.29, 1.82) is 0 Å². The minimum atomic E-state index is -0.360. The number of hydrogen-bond acceptors (Lipinski definition) is 6. The Hall–Kier alpha value is -4.20.